The van der Waals surface area contributed by atoms with Gasteiger partial charge in [-0.05, 0) is 38.8 Å². The van der Waals surface area contributed by atoms with E-state index in [1.807, 2.05) is 32.9 Å². The van der Waals surface area contributed by atoms with Gasteiger partial charge in [0.25, 0.3) is 0 Å². The predicted molar refractivity (Wildman–Crippen MR) is 75.9 cm³/mol. The molecule has 0 aromatic heterocycles. The third-order valence-corrected chi connectivity index (χ3v) is 2.78. The van der Waals surface area contributed by atoms with E-state index in [1.54, 1.807) is 6.92 Å². The first kappa shape index (κ1) is 15.2. The standard InChI is InChI=1S/C14H21N3O2/c1-8-5-9(2)13(10(3)6-8)17-12(18)7-16-14(19)11(4)15/h5-6,11H,7,15H2,1-4H3,(H,16,19)(H,17,18). The maximum atomic E-state index is 11.8. The van der Waals surface area contributed by atoms with Gasteiger partial charge in [0, 0.05) is 5.69 Å². The van der Waals surface area contributed by atoms with Crippen molar-refractivity contribution in [1.29, 1.82) is 0 Å². The van der Waals surface area contributed by atoms with Crippen molar-refractivity contribution in [2.45, 2.75) is 33.7 Å². The molecule has 104 valence electrons. The Morgan fingerprint density at radius 1 is 1.21 bits per heavy atom. The zero-order chi connectivity index (χ0) is 14.6. The minimum Gasteiger partial charge on any atom is -0.346 e. The van der Waals surface area contributed by atoms with E-state index in [-0.39, 0.29) is 18.4 Å². The number of aryl methyl sites for hydroxylation is 3. The number of carbonyl (C=O) groups excluding carboxylic acids is 2. The highest BCUT2D eigenvalue weighted by molar-refractivity contribution is 5.96. The zero-order valence-electron chi connectivity index (χ0n) is 11.8. The summed E-state index contributed by atoms with van der Waals surface area (Å²) in [5.74, 6) is -0.600. The van der Waals surface area contributed by atoms with E-state index in [9.17, 15) is 9.59 Å². The average molecular weight is 263 g/mol. The summed E-state index contributed by atoms with van der Waals surface area (Å²) in [6.07, 6.45) is 0. The first-order valence-corrected chi connectivity index (χ1v) is 6.22. The summed E-state index contributed by atoms with van der Waals surface area (Å²) in [6.45, 7) is 7.38. The van der Waals surface area contributed by atoms with E-state index >= 15 is 0 Å². The lowest BCUT2D eigenvalue weighted by Crippen LogP contribution is -2.42. The number of nitrogens with one attached hydrogen (secondary N) is 2. The number of nitrogens with two attached hydrogens (primary N) is 1. The van der Waals surface area contributed by atoms with Crippen LogP contribution in [0.4, 0.5) is 5.69 Å². The number of carbonyl (C=O) groups is 2. The second kappa shape index (κ2) is 6.33. The Labute approximate surface area is 113 Å². The fourth-order valence-corrected chi connectivity index (χ4v) is 1.89. The SMILES string of the molecule is Cc1cc(C)c(NC(=O)CNC(=O)C(C)N)c(C)c1. The highest BCUT2D eigenvalue weighted by atomic mass is 16.2. The van der Waals surface area contributed by atoms with Crippen LogP contribution in [0.25, 0.3) is 0 Å². The minimum atomic E-state index is -0.615. The lowest BCUT2D eigenvalue weighted by atomic mass is 10.1. The van der Waals surface area contributed by atoms with Crippen molar-refractivity contribution in [3.8, 4) is 0 Å². The van der Waals surface area contributed by atoms with Crippen LogP contribution in [0.1, 0.15) is 23.6 Å². The fraction of sp³-hybridized carbons (Fsp3) is 0.429. The molecule has 1 unspecified atom stereocenters. The van der Waals surface area contributed by atoms with Gasteiger partial charge in [-0.15, -0.1) is 0 Å². The monoisotopic (exact) mass is 263 g/mol. The summed E-state index contributed by atoms with van der Waals surface area (Å²) in [5, 5.41) is 5.28. The Hall–Kier alpha value is -1.88. The molecule has 0 aliphatic rings. The van der Waals surface area contributed by atoms with E-state index in [4.69, 9.17) is 5.73 Å². The van der Waals surface area contributed by atoms with Gasteiger partial charge in [-0.3, -0.25) is 9.59 Å². The Balaban J connectivity index is 2.65. The molecule has 0 aliphatic heterocycles. The van der Waals surface area contributed by atoms with Gasteiger partial charge in [-0.1, -0.05) is 17.7 Å². The number of rotatable bonds is 4. The summed E-state index contributed by atoms with van der Waals surface area (Å²) >= 11 is 0. The van der Waals surface area contributed by atoms with Crippen LogP contribution in [0.5, 0.6) is 0 Å². The molecule has 0 spiro atoms. The lowest BCUT2D eigenvalue weighted by molar-refractivity contribution is -0.124. The number of anilines is 1. The Morgan fingerprint density at radius 3 is 2.21 bits per heavy atom. The molecule has 0 radical (unpaired) electrons. The molecule has 0 bridgehead atoms. The number of hydrogen-bond acceptors (Lipinski definition) is 3. The molecule has 1 rings (SSSR count). The van der Waals surface area contributed by atoms with Crippen molar-refractivity contribution in [3.05, 3.63) is 28.8 Å². The highest BCUT2D eigenvalue weighted by Gasteiger charge is 2.11. The molecule has 5 heteroatoms. The first-order valence-electron chi connectivity index (χ1n) is 6.22. The lowest BCUT2D eigenvalue weighted by Gasteiger charge is -2.13. The average Bonchev–Trinajstić information content (AvgIpc) is 2.30. The predicted octanol–water partition coefficient (Wildman–Crippen LogP) is 1.01. The van der Waals surface area contributed by atoms with Crippen LogP contribution >= 0.6 is 0 Å². The quantitative estimate of drug-likeness (QED) is 0.758. The largest absolute Gasteiger partial charge is 0.346 e. The summed E-state index contributed by atoms with van der Waals surface area (Å²) in [7, 11) is 0. The minimum absolute atomic E-state index is 0.0763. The van der Waals surface area contributed by atoms with Crippen molar-refractivity contribution >= 4 is 17.5 Å². The summed E-state index contributed by atoms with van der Waals surface area (Å²) < 4.78 is 0. The molecular weight excluding hydrogens is 242 g/mol. The Morgan fingerprint density at radius 2 is 1.74 bits per heavy atom. The van der Waals surface area contributed by atoms with Crippen molar-refractivity contribution in [2.24, 2.45) is 5.73 Å². The van der Waals surface area contributed by atoms with Crippen molar-refractivity contribution in [1.82, 2.24) is 5.32 Å². The van der Waals surface area contributed by atoms with Crippen LogP contribution < -0.4 is 16.4 Å². The van der Waals surface area contributed by atoms with E-state index in [2.05, 4.69) is 10.6 Å². The van der Waals surface area contributed by atoms with Gasteiger partial charge in [0.05, 0.1) is 12.6 Å². The molecule has 1 aromatic rings. The second-order valence-corrected chi connectivity index (χ2v) is 4.83. The molecule has 0 aliphatic carbocycles. The van der Waals surface area contributed by atoms with E-state index in [1.165, 1.54) is 0 Å². The van der Waals surface area contributed by atoms with Crippen molar-refractivity contribution in [2.75, 3.05) is 11.9 Å². The van der Waals surface area contributed by atoms with Gasteiger partial charge in [0.15, 0.2) is 0 Å². The normalized spacial score (nSPS) is 11.8. The molecule has 0 fully saturated rings. The van der Waals surface area contributed by atoms with Gasteiger partial charge >= 0.3 is 0 Å². The second-order valence-electron chi connectivity index (χ2n) is 4.83. The maximum Gasteiger partial charge on any atom is 0.243 e. The van der Waals surface area contributed by atoms with Crippen molar-refractivity contribution < 1.29 is 9.59 Å². The molecule has 1 aromatic carbocycles. The van der Waals surface area contributed by atoms with Crippen LogP contribution in [-0.2, 0) is 9.59 Å². The molecule has 4 N–H and O–H groups in total. The van der Waals surface area contributed by atoms with Gasteiger partial charge < -0.3 is 16.4 Å². The molecule has 1 atom stereocenters. The summed E-state index contributed by atoms with van der Waals surface area (Å²) in [4.78, 5) is 23.0. The summed E-state index contributed by atoms with van der Waals surface area (Å²) in [5.41, 5.74) is 9.35. The molecule has 5 nitrogen and oxygen atoms in total. The molecule has 2 amide bonds. The zero-order valence-corrected chi connectivity index (χ0v) is 11.8. The van der Waals surface area contributed by atoms with Gasteiger partial charge in [0.2, 0.25) is 11.8 Å². The summed E-state index contributed by atoms with van der Waals surface area (Å²) in [6, 6.07) is 3.39. The van der Waals surface area contributed by atoms with E-state index in [0.29, 0.717) is 0 Å². The van der Waals surface area contributed by atoms with Crippen LogP contribution in [0.15, 0.2) is 12.1 Å². The highest BCUT2D eigenvalue weighted by Crippen LogP contribution is 2.21. The van der Waals surface area contributed by atoms with Gasteiger partial charge in [-0.2, -0.15) is 0 Å². The molecule has 0 saturated carbocycles. The van der Waals surface area contributed by atoms with Crippen molar-refractivity contribution in [3.63, 3.8) is 0 Å². The third kappa shape index (κ3) is 4.37. The maximum absolute atomic E-state index is 11.8. The third-order valence-electron chi connectivity index (χ3n) is 2.78. The van der Waals surface area contributed by atoms with Gasteiger partial charge in [0.1, 0.15) is 0 Å². The van der Waals surface area contributed by atoms with Gasteiger partial charge in [-0.25, -0.2) is 0 Å². The topological polar surface area (TPSA) is 84.2 Å². The number of amides is 2. The molecule has 0 saturated heterocycles. The van der Waals surface area contributed by atoms with Crippen LogP contribution in [0, 0.1) is 20.8 Å². The molecular formula is C14H21N3O2. The number of benzene rings is 1. The van der Waals surface area contributed by atoms with E-state index < -0.39 is 6.04 Å². The smallest absolute Gasteiger partial charge is 0.243 e. The van der Waals surface area contributed by atoms with Crippen LogP contribution in [0.2, 0.25) is 0 Å². The van der Waals surface area contributed by atoms with Crippen LogP contribution in [-0.4, -0.2) is 24.4 Å². The first-order chi connectivity index (χ1) is 8.81. The Kier molecular flexibility index (Phi) is 5.06. The Bertz CT molecular complexity index is 472. The number of hydrogen-bond donors (Lipinski definition) is 3. The molecule has 19 heavy (non-hydrogen) atoms. The fourth-order valence-electron chi connectivity index (χ4n) is 1.89. The molecule has 0 heterocycles. The van der Waals surface area contributed by atoms with Crippen LogP contribution in [0.3, 0.4) is 0 Å². The van der Waals surface area contributed by atoms with E-state index in [0.717, 1.165) is 22.4 Å².